The number of hydrogen-bond donors (Lipinski definition) is 0. The smallest absolute Gasteiger partial charge is 0.338 e. The number of carbonyl (C=O) groups excluding carboxylic acids is 1. The zero-order valence-corrected chi connectivity index (χ0v) is 24.1. The number of fused-ring (bicyclic) bond motifs is 1. The third kappa shape index (κ3) is 5.58. The first-order valence-electron chi connectivity index (χ1n) is 11.8. The molecule has 0 saturated heterocycles. The summed E-state index contributed by atoms with van der Waals surface area (Å²) in [6.07, 6.45) is 7.06. The predicted octanol–water partition coefficient (Wildman–Crippen LogP) is 4.62. The average Bonchev–Trinajstić information content (AvgIpc) is 3.17. The molecule has 0 fully saturated rings. The largest absolute Gasteiger partial charge is 0.494 e. The average molecular weight is 616 g/mol. The van der Waals surface area contributed by atoms with E-state index in [0.717, 1.165) is 5.56 Å². The van der Waals surface area contributed by atoms with Crippen molar-refractivity contribution in [2.75, 3.05) is 19.8 Å². The first-order chi connectivity index (χ1) is 18.3. The number of hydrogen-bond acceptors (Lipinski definition) is 7. The van der Waals surface area contributed by atoms with E-state index in [0.29, 0.717) is 53.8 Å². The summed E-state index contributed by atoms with van der Waals surface area (Å²) in [6, 6.07) is 9.95. The van der Waals surface area contributed by atoms with Crippen LogP contribution in [-0.4, -0.2) is 30.4 Å². The minimum Gasteiger partial charge on any atom is -0.494 e. The summed E-state index contributed by atoms with van der Waals surface area (Å²) in [6.45, 7) is 6.14. The summed E-state index contributed by atoms with van der Waals surface area (Å²) in [5.74, 6) is 3.07. The van der Waals surface area contributed by atoms with Gasteiger partial charge in [-0.05, 0) is 72.6 Å². The third-order valence-corrected chi connectivity index (χ3v) is 7.44. The highest BCUT2D eigenvalue weighted by Crippen LogP contribution is 2.34. The van der Waals surface area contributed by atoms with Crippen molar-refractivity contribution in [1.29, 1.82) is 0 Å². The highest BCUT2D eigenvalue weighted by molar-refractivity contribution is 9.10. The van der Waals surface area contributed by atoms with E-state index in [9.17, 15) is 9.59 Å². The molecule has 0 bridgehead atoms. The zero-order valence-electron chi connectivity index (χ0n) is 20.9. The summed E-state index contributed by atoms with van der Waals surface area (Å²) in [5, 5.41) is 0.455. The summed E-state index contributed by atoms with van der Waals surface area (Å²) in [7, 11) is 0. The lowest BCUT2D eigenvalue weighted by atomic mass is 9.96. The fourth-order valence-corrected chi connectivity index (χ4v) is 6.10. The molecule has 3 aromatic rings. The number of aromatic nitrogens is 1. The first-order valence-corrected chi connectivity index (χ1v) is 13.8. The number of allylic oxidation sites excluding steroid dienone is 1. The summed E-state index contributed by atoms with van der Waals surface area (Å²) in [5.41, 5.74) is 1.77. The van der Waals surface area contributed by atoms with E-state index in [1.165, 1.54) is 15.9 Å². The monoisotopic (exact) mass is 614 g/mol. The molecule has 1 aliphatic heterocycles. The van der Waals surface area contributed by atoms with Crippen molar-refractivity contribution in [1.82, 2.24) is 4.57 Å². The fraction of sp³-hybridized carbons (Fsp3) is 0.250. The lowest BCUT2D eigenvalue weighted by Gasteiger charge is -2.24. The molecule has 1 aromatic heterocycles. The van der Waals surface area contributed by atoms with Crippen molar-refractivity contribution in [2.45, 2.75) is 26.8 Å². The van der Waals surface area contributed by atoms with E-state index >= 15 is 0 Å². The van der Waals surface area contributed by atoms with Gasteiger partial charge in [0.1, 0.15) is 18.1 Å². The summed E-state index contributed by atoms with van der Waals surface area (Å²) >= 11 is 11.0. The van der Waals surface area contributed by atoms with Crippen LogP contribution >= 0.6 is 38.9 Å². The summed E-state index contributed by atoms with van der Waals surface area (Å²) in [4.78, 5) is 32.0. The second-order valence-corrected chi connectivity index (χ2v) is 10.4. The van der Waals surface area contributed by atoms with Crippen LogP contribution in [-0.2, 0) is 9.53 Å². The summed E-state index contributed by atoms with van der Waals surface area (Å²) < 4.78 is 19.2. The standard InChI is InChI=1S/C28H24BrClN2O5S/c1-5-12-37-25-18(13-19(30)15-21(25)29)14-22-26(33)32-24(17-8-10-20(11-9-17)35-6-2)23(27(34)36-7-3)16(4)31-28(32)38-22/h1,8-11,13-15,24H,6-7,12H2,2-4H3/b22-14-/t24-/m0/s1. The van der Waals surface area contributed by atoms with Crippen molar-refractivity contribution in [3.8, 4) is 23.8 Å². The van der Waals surface area contributed by atoms with Crippen LogP contribution < -0.4 is 24.4 Å². The van der Waals surface area contributed by atoms with Gasteiger partial charge in [0, 0.05) is 10.6 Å². The van der Waals surface area contributed by atoms with E-state index in [-0.39, 0.29) is 18.8 Å². The van der Waals surface area contributed by atoms with Gasteiger partial charge in [-0.25, -0.2) is 9.79 Å². The van der Waals surface area contributed by atoms with Crippen LogP contribution in [0, 0.1) is 12.3 Å². The van der Waals surface area contributed by atoms with E-state index in [1.807, 2.05) is 31.2 Å². The number of thiazole rings is 1. The van der Waals surface area contributed by atoms with Gasteiger partial charge in [0.25, 0.3) is 5.56 Å². The van der Waals surface area contributed by atoms with E-state index < -0.39 is 12.0 Å². The molecule has 2 aromatic carbocycles. The molecular formula is C28H24BrClN2O5S. The highest BCUT2D eigenvalue weighted by Gasteiger charge is 2.33. The van der Waals surface area contributed by atoms with Gasteiger partial charge in [-0.15, -0.1) is 6.42 Å². The Labute approximate surface area is 237 Å². The minimum atomic E-state index is -0.730. The number of benzene rings is 2. The Hall–Kier alpha value is -3.32. The first kappa shape index (κ1) is 27.7. The molecule has 4 rings (SSSR count). The molecule has 1 aliphatic rings. The van der Waals surface area contributed by atoms with Gasteiger partial charge >= 0.3 is 5.97 Å². The van der Waals surface area contributed by atoms with Crippen LogP contribution in [0.4, 0.5) is 0 Å². The van der Waals surface area contributed by atoms with Gasteiger partial charge in [0.2, 0.25) is 0 Å². The quantitative estimate of drug-likeness (QED) is 0.273. The lowest BCUT2D eigenvalue weighted by Crippen LogP contribution is -2.39. The number of terminal acetylenes is 1. The number of halogens is 2. The van der Waals surface area contributed by atoms with Crippen LogP contribution in [0.5, 0.6) is 11.5 Å². The van der Waals surface area contributed by atoms with Crippen LogP contribution in [0.3, 0.4) is 0 Å². The molecule has 0 unspecified atom stereocenters. The maximum Gasteiger partial charge on any atom is 0.338 e. The van der Waals surface area contributed by atoms with E-state index in [4.69, 9.17) is 32.2 Å². The van der Waals surface area contributed by atoms with Crippen LogP contribution in [0.1, 0.15) is 37.9 Å². The van der Waals surface area contributed by atoms with Gasteiger partial charge in [-0.2, -0.15) is 0 Å². The van der Waals surface area contributed by atoms with Crippen molar-refractivity contribution < 1.29 is 19.0 Å². The van der Waals surface area contributed by atoms with Gasteiger partial charge in [0.05, 0.1) is 39.5 Å². The number of carbonyl (C=O) groups is 1. The number of rotatable bonds is 8. The van der Waals surface area contributed by atoms with Gasteiger partial charge in [-0.3, -0.25) is 9.36 Å². The number of nitrogens with zero attached hydrogens (tertiary/aromatic N) is 2. The molecule has 10 heteroatoms. The SMILES string of the molecule is C#CCOc1c(Br)cc(Cl)cc1/C=c1\sc2n(c1=O)[C@@H](c1ccc(OCC)cc1)C(C(=O)OCC)=C(C)N=2. The Morgan fingerprint density at radius 3 is 2.63 bits per heavy atom. The van der Waals surface area contributed by atoms with E-state index in [2.05, 4.69) is 26.8 Å². The molecule has 0 amide bonds. The number of ether oxygens (including phenoxy) is 3. The van der Waals surface area contributed by atoms with Crippen LogP contribution in [0.15, 0.2) is 61.9 Å². The normalized spacial score (nSPS) is 14.9. The Balaban J connectivity index is 1.94. The molecule has 0 spiro atoms. The molecule has 0 N–H and O–H groups in total. The van der Waals surface area contributed by atoms with Gasteiger partial charge in [0.15, 0.2) is 4.80 Å². The molecule has 7 nitrogen and oxygen atoms in total. The Morgan fingerprint density at radius 2 is 1.97 bits per heavy atom. The van der Waals surface area contributed by atoms with Gasteiger partial charge < -0.3 is 14.2 Å². The minimum absolute atomic E-state index is 0.0438. The topological polar surface area (TPSA) is 79.1 Å². The van der Waals surface area contributed by atoms with Gasteiger partial charge in [-0.1, -0.05) is 41.0 Å². The second-order valence-electron chi connectivity index (χ2n) is 8.10. The van der Waals surface area contributed by atoms with Crippen molar-refractivity contribution in [3.63, 3.8) is 0 Å². The van der Waals surface area contributed by atoms with Crippen molar-refractivity contribution >= 4 is 50.9 Å². The number of esters is 1. The maximum absolute atomic E-state index is 13.9. The molecule has 0 radical (unpaired) electrons. The molecular weight excluding hydrogens is 592 g/mol. The Kier molecular flexibility index (Phi) is 8.77. The zero-order chi connectivity index (χ0) is 27.4. The molecule has 0 aliphatic carbocycles. The van der Waals surface area contributed by atoms with E-state index in [1.54, 1.807) is 32.1 Å². The third-order valence-electron chi connectivity index (χ3n) is 5.65. The Bertz CT molecular complexity index is 1630. The molecule has 0 saturated carbocycles. The fourth-order valence-electron chi connectivity index (χ4n) is 4.11. The molecule has 1 atom stereocenters. The molecule has 2 heterocycles. The predicted molar refractivity (Wildman–Crippen MR) is 151 cm³/mol. The second kappa shape index (κ2) is 12.0. The van der Waals surface area contributed by atoms with Crippen LogP contribution in [0.25, 0.3) is 6.08 Å². The Morgan fingerprint density at radius 1 is 1.24 bits per heavy atom. The van der Waals surface area contributed by atoms with Crippen molar-refractivity contribution in [3.05, 3.63) is 88.0 Å². The molecule has 38 heavy (non-hydrogen) atoms. The highest BCUT2D eigenvalue weighted by atomic mass is 79.9. The lowest BCUT2D eigenvalue weighted by molar-refractivity contribution is -0.139. The maximum atomic E-state index is 13.9. The van der Waals surface area contributed by atoms with Crippen molar-refractivity contribution in [2.24, 2.45) is 4.99 Å². The van der Waals surface area contributed by atoms with Crippen LogP contribution in [0.2, 0.25) is 5.02 Å². The molecule has 196 valence electrons.